The molecule has 1 aromatic carbocycles. The van der Waals surface area contributed by atoms with Gasteiger partial charge in [0.15, 0.2) is 11.8 Å². The van der Waals surface area contributed by atoms with E-state index in [0.717, 1.165) is 42.4 Å². The summed E-state index contributed by atoms with van der Waals surface area (Å²) >= 11 is 0. The molecule has 0 bridgehead atoms. The molecule has 0 saturated carbocycles. The van der Waals surface area contributed by atoms with Crippen molar-refractivity contribution in [1.29, 1.82) is 0 Å². The summed E-state index contributed by atoms with van der Waals surface area (Å²) < 4.78 is 15.0. The molecule has 0 aliphatic heterocycles. The van der Waals surface area contributed by atoms with E-state index in [1.54, 1.807) is 12.4 Å². The molecular formula is C16H24FIN6. The number of hydrogen-bond donors (Lipinski definition) is 2. The molecule has 2 N–H and O–H groups in total. The lowest BCUT2D eigenvalue weighted by molar-refractivity contribution is 0.625. The third-order valence-electron chi connectivity index (χ3n) is 3.52. The number of halogens is 2. The van der Waals surface area contributed by atoms with Crippen LogP contribution in [-0.4, -0.2) is 33.8 Å². The van der Waals surface area contributed by atoms with Crippen LogP contribution in [0.2, 0.25) is 0 Å². The maximum absolute atomic E-state index is 13.1. The number of benzene rings is 1. The average Bonchev–Trinajstić information content (AvgIpc) is 2.92. The van der Waals surface area contributed by atoms with Gasteiger partial charge in [-0.1, -0.05) is 6.07 Å². The Morgan fingerprint density at radius 2 is 2.12 bits per heavy atom. The third-order valence-corrected chi connectivity index (χ3v) is 3.52. The highest BCUT2D eigenvalue weighted by Gasteiger charge is 2.03. The molecule has 0 radical (unpaired) electrons. The lowest BCUT2D eigenvalue weighted by Crippen LogP contribution is -2.38. The maximum atomic E-state index is 13.1. The molecule has 1 aromatic heterocycles. The van der Waals surface area contributed by atoms with Gasteiger partial charge < -0.3 is 15.2 Å². The number of guanidine groups is 1. The van der Waals surface area contributed by atoms with Crippen LogP contribution >= 0.6 is 24.0 Å². The Morgan fingerprint density at radius 1 is 1.33 bits per heavy atom. The number of aryl methyl sites for hydroxylation is 2. The normalized spacial score (nSPS) is 11.1. The van der Waals surface area contributed by atoms with Crippen LogP contribution < -0.4 is 10.6 Å². The van der Waals surface area contributed by atoms with E-state index in [1.807, 2.05) is 31.5 Å². The summed E-state index contributed by atoms with van der Waals surface area (Å²) in [4.78, 5) is 4.50. The van der Waals surface area contributed by atoms with E-state index in [4.69, 9.17) is 0 Å². The standard InChI is InChI=1S/C16H23FN6.HI/c1-4-18-16(20-10-15-22-21-11-23(15)3)19-8-7-13-5-6-14(17)9-12(13)2;/h5-6,9,11H,4,7-8,10H2,1-3H3,(H2,18,19,20);1H. The van der Waals surface area contributed by atoms with E-state index in [-0.39, 0.29) is 29.8 Å². The number of nitrogens with zero attached hydrogens (tertiary/aromatic N) is 4. The molecule has 0 saturated heterocycles. The molecule has 2 aromatic rings. The van der Waals surface area contributed by atoms with Gasteiger partial charge in [0.05, 0.1) is 0 Å². The Bertz CT molecular complexity index is 670. The van der Waals surface area contributed by atoms with Gasteiger partial charge >= 0.3 is 0 Å². The highest BCUT2D eigenvalue weighted by Crippen LogP contribution is 2.10. The van der Waals surface area contributed by atoms with Gasteiger partial charge in [-0.25, -0.2) is 9.38 Å². The van der Waals surface area contributed by atoms with Crippen molar-refractivity contribution < 1.29 is 4.39 Å². The molecule has 0 amide bonds. The molecular weight excluding hydrogens is 422 g/mol. The molecule has 1 heterocycles. The van der Waals surface area contributed by atoms with Gasteiger partial charge in [-0.05, 0) is 43.5 Å². The van der Waals surface area contributed by atoms with Gasteiger partial charge in [-0.15, -0.1) is 34.2 Å². The van der Waals surface area contributed by atoms with Gasteiger partial charge in [0, 0.05) is 20.1 Å². The fraction of sp³-hybridized carbons (Fsp3) is 0.438. The highest BCUT2D eigenvalue weighted by atomic mass is 127. The summed E-state index contributed by atoms with van der Waals surface area (Å²) in [5.41, 5.74) is 2.09. The van der Waals surface area contributed by atoms with E-state index in [9.17, 15) is 4.39 Å². The second kappa shape index (κ2) is 10.2. The highest BCUT2D eigenvalue weighted by molar-refractivity contribution is 14.0. The Balaban J connectivity index is 0.00000288. The predicted molar refractivity (Wildman–Crippen MR) is 104 cm³/mol. The van der Waals surface area contributed by atoms with Crippen molar-refractivity contribution in [2.24, 2.45) is 12.0 Å². The van der Waals surface area contributed by atoms with Crippen LogP contribution in [-0.2, 0) is 20.0 Å². The molecule has 0 aliphatic carbocycles. The van der Waals surface area contributed by atoms with Crippen molar-refractivity contribution >= 4 is 29.9 Å². The molecule has 8 heteroatoms. The van der Waals surface area contributed by atoms with E-state index >= 15 is 0 Å². The van der Waals surface area contributed by atoms with E-state index in [2.05, 4.69) is 25.8 Å². The Kier molecular flexibility index (Phi) is 8.66. The summed E-state index contributed by atoms with van der Waals surface area (Å²) in [7, 11) is 1.89. The Labute approximate surface area is 159 Å². The van der Waals surface area contributed by atoms with E-state index < -0.39 is 0 Å². The first-order valence-corrected chi connectivity index (χ1v) is 7.70. The summed E-state index contributed by atoms with van der Waals surface area (Å²) in [6, 6.07) is 4.88. The van der Waals surface area contributed by atoms with Crippen molar-refractivity contribution in [2.75, 3.05) is 13.1 Å². The summed E-state index contributed by atoms with van der Waals surface area (Å²) in [5, 5.41) is 14.3. The van der Waals surface area contributed by atoms with Gasteiger partial charge in [0.1, 0.15) is 18.7 Å². The van der Waals surface area contributed by atoms with Crippen LogP contribution in [0.5, 0.6) is 0 Å². The quantitative estimate of drug-likeness (QED) is 0.406. The summed E-state index contributed by atoms with van der Waals surface area (Å²) in [6.07, 6.45) is 2.46. The average molecular weight is 446 g/mol. The lowest BCUT2D eigenvalue weighted by atomic mass is 10.1. The summed E-state index contributed by atoms with van der Waals surface area (Å²) in [6.45, 7) is 5.90. The molecule has 0 spiro atoms. The second-order valence-corrected chi connectivity index (χ2v) is 5.30. The van der Waals surface area contributed by atoms with Crippen molar-refractivity contribution in [3.8, 4) is 0 Å². The smallest absolute Gasteiger partial charge is 0.191 e. The molecule has 24 heavy (non-hydrogen) atoms. The second-order valence-electron chi connectivity index (χ2n) is 5.30. The molecule has 0 aliphatic rings. The van der Waals surface area contributed by atoms with Crippen molar-refractivity contribution in [2.45, 2.75) is 26.8 Å². The zero-order valence-electron chi connectivity index (χ0n) is 14.2. The van der Waals surface area contributed by atoms with Crippen LogP contribution in [0.4, 0.5) is 4.39 Å². The maximum Gasteiger partial charge on any atom is 0.191 e. The van der Waals surface area contributed by atoms with E-state index in [0.29, 0.717) is 6.54 Å². The van der Waals surface area contributed by atoms with Crippen LogP contribution in [0.3, 0.4) is 0 Å². The van der Waals surface area contributed by atoms with Crippen molar-refractivity contribution in [3.63, 3.8) is 0 Å². The SMILES string of the molecule is CCNC(=NCc1nncn1C)NCCc1ccc(F)cc1C.I. The minimum atomic E-state index is -0.196. The first kappa shape index (κ1) is 20.3. The third kappa shape index (κ3) is 6.06. The van der Waals surface area contributed by atoms with E-state index in [1.165, 1.54) is 6.07 Å². The molecule has 0 unspecified atom stereocenters. The number of hydrogen-bond acceptors (Lipinski definition) is 3. The topological polar surface area (TPSA) is 67.1 Å². The first-order chi connectivity index (χ1) is 11.1. The Morgan fingerprint density at radius 3 is 2.75 bits per heavy atom. The van der Waals surface area contributed by atoms with Gasteiger partial charge in [0.2, 0.25) is 0 Å². The molecule has 6 nitrogen and oxygen atoms in total. The molecule has 132 valence electrons. The minimum Gasteiger partial charge on any atom is -0.357 e. The van der Waals surface area contributed by atoms with Crippen LogP contribution in [0.1, 0.15) is 23.9 Å². The molecule has 0 fully saturated rings. The number of aromatic nitrogens is 3. The zero-order valence-corrected chi connectivity index (χ0v) is 16.5. The largest absolute Gasteiger partial charge is 0.357 e. The number of aliphatic imine (C=N–C) groups is 1. The fourth-order valence-electron chi connectivity index (χ4n) is 2.20. The lowest BCUT2D eigenvalue weighted by Gasteiger charge is -2.12. The van der Waals surface area contributed by atoms with Crippen molar-refractivity contribution in [1.82, 2.24) is 25.4 Å². The van der Waals surface area contributed by atoms with Gasteiger partial charge in [-0.2, -0.15) is 0 Å². The van der Waals surface area contributed by atoms with Crippen LogP contribution in [0, 0.1) is 12.7 Å². The van der Waals surface area contributed by atoms with Crippen LogP contribution in [0.25, 0.3) is 0 Å². The monoisotopic (exact) mass is 446 g/mol. The number of rotatable bonds is 6. The van der Waals surface area contributed by atoms with Gasteiger partial charge in [0.25, 0.3) is 0 Å². The Hall–Kier alpha value is -1.71. The summed E-state index contributed by atoms with van der Waals surface area (Å²) in [5.74, 6) is 1.34. The van der Waals surface area contributed by atoms with Crippen molar-refractivity contribution in [3.05, 3.63) is 47.3 Å². The predicted octanol–water partition coefficient (Wildman–Crippen LogP) is 2.18. The zero-order chi connectivity index (χ0) is 16.7. The number of nitrogens with one attached hydrogen (secondary N) is 2. The van der Waals surface area contributed by atoms with Gasteiger partial charge in [-0.3, -0.25) is 0 Å². The van der Waals surface area contributed by atoms with Crippen LogP contribution in [0.15, 0.2) is 29.5 Å². The molecule has 2 rings (SSSR count). The fourth-order valence-corrected chi connectivity index (χ4v) is 2.20. The molecule has 0 atom stereocenters. The first-order valence-electron chi connectivity index (χ1n) is 7.70. The minimum absolute atomic E-state index is 0.